The summed E-state index contributed by atoms with van der Waals surface area (Å²) >= 11 is 0. The molecule has 72 valence electrons. The number of hydrogen-bond acceptors (Lipinski definition) is 1. The minimum Gasteiger partial charge on any atom is -0.374 e. The first-order valence-electron chi connectivity index (χ1n) is 4.75. The van der Waals surface area contributed by atoms with E-state index in [-0.39, 0.29) is 5.60 Å². The Morgan fingerprint density at radius 1 is 1.15 bits per heavy atom. The van der Waals surface area contributed by atoms with E-state index < -0.39 is 0 Å². The standard InChI is InChI=1S/C12H18O/c1-4-7-11-10-13-12(11,8-5-2)9-6-3/h4-6,11H,1-3,7-10H2. The molecule has 0 amide bonds. The molecule has 0 aromatic rings. The van der Waals surface area contributed by atoms with E-state index in [2.05, 4.69) is 19.7 Å². The fraction of sp³-hybridized carbons (Fsp3) is 0.500. The molecule has 0 aromatic heterocycles. The van der Waals surface area contributed by atoms with Crippen LogP contribution in [0.3, 0.4) is 0 Å². The van der Waals surface area contributed by atoms with Crippen LogP contribution in [-0.4, -0.2) is 12.2 Å². The van der Waals surface area contributed by atoms with E-state index in [0.717, 1.165) is 25.9 Å². The van der Waals surface area contributed by atoms with E-state index in [9.17, 15) is 0 Å². The summed E-state index contributed by atoms with van der Waals surface area (Å²) in [7, 11) is 0. The van der Waals surface area contributed by atoms with Crippen LogP contribution < -0.4 is 0 Å². The lowest BCUT2D eigenvalue weighted by Crippen LogP contribution is -2.52. The molecule has 1 atom stereocenters. The molecule has 0 aromatic carbocycles. The zero-order chi connectivity index (χ0) is 9.73. The maximum absolute atomic E-state index is 5.67. The van der Waals surface area contributed by atoms with Crippen molar-refractivity contribution in [3.05, 3.63) is 38.0 Å². The average Bonchev–Trinajstić information content (AvgIpc) is 2.12. The molecule has 0 N–H and O–H groups in total. The normalized spacial score (nSPS) is 24.5. The molecule has 1 aliphatic heterocycles. The van der Waals surface area contributed by atoms with Crippen molar-refractivity contribution in [2.75, 3.05) is 6.61 Å². The molecule has 1 rings (SSSR count). The molecule has 0 saturated carbocycles. The van der Waals surface area contributed by atoms with E-state index in [0.29, 0.717) is 5.92 Å². The fourth-order valence-electron chi connectivity index (χ4n) is 1.94. The smallest absolute Gasteiger partial charge is 0.0803 e. The quantitative estimate of drug-likeness (QED) is 0.568. The predicted octanol–water partition coefficient (Wildman–Crippen LogP) is 3.10. The third kappa shape index (κ3) is 1.92. The van der Waals surface area contributed by atoms with Crippen molar-refractivity contribution in [3.8, 4) is 0 Å². The molecule has 0 bridgehead atoms. The SMILES string of the molecule is C=CCC1COC1(CC=C)CC=C. The monoisotopic (exact) mass is 178 g/mol. The molecule has 1 heteroatoms. The Kier molecular flexibility index (Phi) is 3.49. The molecule has 1 saturated heterocycles. The van der Waals surface area contributed by atoms with Gasteiger partial charge in [0.25, 0.3) is 0 Å². The van der Waals surface area contributed by atoms with Crippen molar-refractivity contribution >= 4 is 0 Å². The topological polar surface area (TPSA) is 9.23 Å². The minimum atomic E-state index is -0.0162. The van der Waals surface area contributed by atoms with Crippen molar-refractivity contribution in [2.24, 2.45) is 5.92 Å². The van der Waals surface area contributed by atoms with Gasteiger partial charge >= 0.3 is 0 Å². The van der Waals surface area contributed by atoms with Crippen LogP contribution in [0.4, 0.5) is 0 Å². The van der Waals surface area contributed by atoms with Crippen LogP contribution in [-0.2, 0) is 4.74 Å². The van der Waals surface area contributed by atoms with Crippen LogP contribution in [0.1, 0.15) is 19.3 Å². The summed E-state index contributed by atoms with van der Waals surface area (Å²) in [5.74, 6) is 0.598. The van der Waals surface area contributed by atoms with Crippen LogP contribution in [0.25, 0.3) is 0 Å². The van der Waals surface area contributed by atoms with Gasteiger partial charge in [-0.05, 0) is 19.3 Å². The van der Waals surface area contributed by atoms with Gasteiger partial charge in [0.1, 0.15) is 0 Å². The number of hydrogen-bond donors (Lipinski definition) is 0. The van der Waals surface area contributed by atoms with Crippen molar-refractivity contribution in [1.82, 2.24) is 0 Å². The van der Waals surface area contributed by atoms with E-state index in [1.54, 1.807) is 0 Å². The van der Waals surface area contributed by atoms with E-state index in [4.69, 9.17) is 4.74 Å². The first-order chi connectivity index (χ1) is 6.29. The molecule has 1 unspecified atom stereocenters. The molecular formula is C12H18O. The van der Waals surface area contributed by atoms with E-state index in [1.807, 2.05) is 18.2 Å². The van der Waals surface area contributed by atoms with Crippen molar-refractivity contribution in [3.63, 3.8) is 0 Å². The van der Waals surface area contributed by atoms with Gasteiger partial charge in [-0.1, -0.05) is 18.2 Å². The van der Waals surface area contributed by atoms with Crippen LogP contribution in [0.2, 0.25) is 0 Å². The lowest BCUT2D eigenvalue weighted by atomic mass is 9.75. The van der Waals surface area contributed by atoms with E-state index in [1.165, 1.54) is 0 Å². The molecule has 13 heavy (non-hydrogen) atoms. The summed E-state index contributed by atoms with van der Waals surface area (Å²) in [5, 5.41) is 0. The second-order valence-corrected chi connectivity index (χ2v) is 3.58. The van der Waals surface area contributed by atoms with Crippen molar-refractivity contribution < 1.29 is 4.74 Å². The van der Waals surface area contributed by atoms with Gasteiger partial charge in [-0.3, -0.25) is 0 Å². The number of ether oxygens (including phenoxy) is 1. The highest BCUT2D eigenvalue weighted by Crippen LogP contribution is 2.41. The Morgan fingerprint density at radius 2 is 1.77 bits per heavy atom. The molecule has 1 aliphatic rings. The fourth-order valence-corrected chi connectivity index (χ4v) is 1.94. The third-order valence-electron chi connectivity index (χ3n) is 2.75. The molecule has 1 heterocycles. The zero-order valence-electron chi connectivity index (χ0n) is 8.17. The maximum Gasteiger partial charge on any atom is 0.0803 e. The Balaban J connectivity index is 2.60. The molecule has 0 spiro atoms. The summed E-state index contributed by atoms with van der Waals surface area (Å²) in [6.07, 6.45) is 8.68. The van der Waals surface area contributed by atoms with E-state index >= 15 is 0 Å². The van der Waals surface area contributed by atoms with Gasteiger partial charge < -0.3 is 4.74 Å². The van der Waals surface area contributed by atoms with Crippen LogP contribution in [0.15, 0.2) is 38.0 Å². The number of rotatable bonds is 6. The van der Waals surface area contributed by atoms with Crippen LogP contribution in [0.5, 0.6) is 0 Å². The van der Waals surface area contributed by atoms with Gasteiger partial charge in [0.2, 0.25) is 0 Å². The van der Waals surface area contributed by atoms with Crippen LogP contribution >= 0.6 is 0 Å². The number of allylic oxidation sites excluding steroid dienone is 1. The predicted molar refractivity (Wildman–Crippen MR) is 56.6 cm³/mol. The second kappa shape index (κ2) is 4.43. The summed E-state index contributed by atoms with van der Waals surface area (Å²) in [4.78, 5) is 0. The van der Waals surface area contributed by atoms with Gasteiger partial charge in [0.05, 0.1) is 12.2 Å². The van der Waals surface area contributed by atoms with Gasteiger partial charge in [0, 0.05) is 5.92 Å². The van der Waals surface area contributed by atoms with Gasteiger partial charge in [-0.2, -0.15) is 0 Å². The highest BCUT2D eigenvalue weighted by atomic mass is 16.5. The third-order valence-corrected chi connectivity index (χ3v) is 2.75. The Bertz CT molecular complexity index is 195. The van der Waals surface area contributed by atoms with Gasteiger partial charge in [-0.25, -0.2) is 0 Å². The lowest BCUT2D eigenvalue weighted by molar-refractivity contribution is -0.198. The van der Waals surface area contributed by atoms with Crippen LogP contribution in [0, 0.1) is 5.92 Å². The Hall–Kier alpha value is -0.820. The summed E-state index contributed by atoms with van der Waals surface area (Å²) < 4.78 is 5.67. The van der Waals surface area contributed by atoms with Gasteiger partial charge in [0.15, 0.2) is 0 Å². The largest absolute Gasteiger partial charge is 0.374 e. The molecular weight excluding hydrogens is 160 g/mol. The second-order valence-electron chi connectivity index (χ2n) is 3.58. The Morgan fingerprint density at radius 3 is 2.08 bits per heavy atom. The molecule has 0 aliphatic carbocycles. The summed E-state index contributed by atoms with van der Waals surface area (Å²) in [6, 6.07) is 0. The maximum atomic E-state index is 5.67. The first kappa shape index (κ1) is 10.3. The summed E-state index contributed by atoms with van der Waals surface area (Å²) in [5.41, 5.74) is -0.0162. The Labute approximate surface area is 80.8 Å². The summed E-state index contributed by atoms with van der Waals surface area (Å²) in [6.45, 7) is 12.1. The lowest BCUT2D eigenvalue weighted by Gasteiger charge is -2.48. The highest BCUT2D eigenvalue weighted by Gasteiger charge is 2.45. The zero-order valence-corrected chi connectivity index (χ0v) is 8.17. The first-order valence-corrected chi connectivity index (χ1v) is 4.75. The molecule has 1 nitrogen and oxygen atoms in total. The average molecular weight is 178 g/mol. The highest BCUT2D eigenvalue weighted by molar-refractivity contribution is 5.04. The molecule has 0 radical (unpaired) electrons. The van der Waals surface area contributed by atoms with Crippen molar-refractivity contribution in [2.45, 2.75) is 24.9 Å². The minimum absolute atomic E-state index is 0.0162. The van der Waals surface area contributed by atoms with Crippen molar-refractivity contribution in [1.29, 1.82) is 0 Å². The molecule has 1 fully saturated rings. The van der Waals surface area contributed by atoms with Gasteiger partial charge in [-0.15, -0.1) is 19.7 Å².